The summed E-state index contributed by atoms with van der Waals surface area (Å²) in [6, 6.07) is 4.30. The molecule has 0 bridgehead atoms. The van der Waals surface area contributed by atoms with Gasteiger partial charge in [-0.2, -0.15) is 5.10 Å². The van der Waals surface area contributed by atoms with Gasteiger partial charge in [0.05, 0.1) is 5.69 Å². The summed E-state index contributed by atoms with van der Waals surface area (Å²) in [5.74, 6) is 0. The number of nitrogens with one attached hydrogen (secondary N) is 1. The molecule has 2 aromatic rings. The maximum Gasteiger partial charge on any atom is 0.116 e. The van der Waals surface area contributed by atoms with Crippen molar-refractivity contribution in [1.82, 2.24) is 9.78 Å². The molecule has 0 fully saturated rings. The minimum atomic E-state index is 1.05. The van der Waals surface area contributed by atoms with E-state index in [4.69, 9.17) is 0 Å². The van der Waals surface area contributed by atoms with Gasteiger partial charge in [-0.05, 0) is 31.5 Å². The van der Waals surface area contributed by atoms with Crippen molar-refractivity contribution in [2.75, 3.05) is 12.4 Å². The van der Waals surface area contributed by atoms with Crippen molar-refractivity contribution in [3.8, 4) is 0 Å². The Balaban J connectivity index is 2.87. The summed E-state index contributed by atoms with van der Waals surface area (Å²) < 4.78 is 1.92. The van der Waals surface area contributed by atoms with E-state index in [2.05, 4.69) is 36.4 Å². The van der Waals surface area contributed by atoms with Crippen molar-refractivity contribution < 1.29 is 0 Å². The first-order valence-electron chi connectivity index (χ1n) is 4.75. The fraction of sp³-hybridized carbons (Fsp3) is 0.364. The van der Waals surface area contributed by atoms with Crippen LogP contribution in [0, 0.1) is 13.8 Å². The second-order valence-electron chi connectivity index (χ2n) is 3.67. The second kappa shape index (κ2) is 3.01. The molecule has 0 aliphatic heterocycles. The van der Waals surface area contributed by atoms with Gasteiger partial charge in [-0.3, -0.25) is 4.68 Å². The van der Waals surface area contributed by atoms with Crippen LogP contribution in [-0.4, -0.2) is 16.8 Å². The van der Waals surface area contributed by atoms with E-state index in [-0.39, 0.29) is 0 Å². The van der Waals surface area contributed by atoms with Gasteiger partial charge in [-0.1, -0.05) is 0 Å². The molecule has 74 valence electrons. The van der Waals surface area contributed by atoms with Crippen LogP contribution in [0.2, 0.25) is 0 Å². The van der Waals surface area contributed by atoms with E-state index in [1.807, 2.05) is 18.8 Å². The molecule has 0 amide bonds. The van der Waals surface area contributed by atoms with E-state index in [1.165, 1.54) is 16.6 Å². The number of hydrogen-bond donors (Lipinski definition) is 1. The Hall–Kier alpha value is -1.51. The lowest BCUT2D eigenvalue weighted by Gasteiger charge is -2.02. The molecule has 1 aromatic carbocycles. The Morgan fingerprint density at radius 3 is 2.64 bits per heavy atom. The predicted octanol–water partition coefficient (Wildman–Crippen LogP) is 2.23. The summed E-state index contributed by atoms with van der Waals surface area (Å²) in [4.78, 5) is 0. The van der Waals surface area contributed by atoms with E-state index in [0.29, 0.717) is 0 Å². The van der Waals surface area contributed by atoms with Gasteiger partial charge < -0.3 is 5.32 Å². The molecule has 0 aliphatic rings. The van der Waals surface area contributed by atoms with E-state index in [9.17, 15) is 0 Å². The van der Waals surface area contributed by atoms with Crippen molar-refractivity contribution in [1.29, 1.82) is 0 Å². The Morgan fingerprint density at radius 2 is 2.00 bits per heavy atom. The largest absolute Gasteiger partial charge is 0.386 e. The summed E-state index contributed by atoms with van der Waals surface area (Å²) in [6.45, 7) is 4.20. The van der Waals surface area contributed by atoms with Crippen molar-refractivity contribution in [3.05, 3.63) is 23.4 Å². The molecule has 1 N–H and O–H groups in total. The monoisotopic (exact) mass is 189 g/mol. The lowest BCUT2D eigenvalue weighted by Crippen LogP contribution is -1.92. The van der Waals surface area contributed by atoms with Gasteiger partial charge in [-0.25, -0.2) is 0 Å². The quantitative estimate of drug-likeness (QED) is 0.745. The van der Waals surface area contributed by atoms with Crippen molar-refractivity contribution in [2.45, 2.75) is 13.8 Å². The number of fused-ring (bicyclic) bond motifs is 1. The number of aromatic nitrogens is 2. The summed E-state index contributed by atoms with van der Waals surface area (Å²) in [5, 5.41) is 8.89. The highest BCUT2D eigenvalue weighted by Crippen LogP contribution is 2.26. The van der Waals surface area contributed by atoms with E-state index in [1.54, 1.807) is 0 Å². The summed E-state index contributed by atoms with van der Waals surface area (Å²) in [5.41, 5.74) is 4.62. The van der Waals surface area contributed by atoms with Gasteiger partial charge >= 0.3 is 0 Å². The highest BCUT2D eigenvalue weighted by atomic mass is 15.3. The fourth-order valence-corrected chi connectivity index (χ4v) is 1.75. The van der Waals surface area contributed by atoms with Gasteiger partial charge in [0.1, 0.15) is 5.52 Å². The normalized spacial score (nSPS) is 10.9. The zero-order chi connectivity index (χ0) is 10.3. The van der Waals surface area contributed by atoms with Crippen LogP contribution in [0.25, 0.3) is 10.9 Å². The van der Waals surface area contributed by atoms with Gasteiger partial charge in [0.15, 0.2) is 0 Å². The molecule has 0 saturated carbocycles. The number of nitrogens with zero attached hydrogens (tertiary/aromatic N) is 2. The molecule has 3 nitrogen and oxygen atoms in total. The number of rotatable bonds is 1. The molecule has 1 heterocycles. The molecule has 1 aromatic heterocycles. The van der Waals surface area contributed by atoms with Crippen LogP contribution in [0.4, 0.5) is 5.69 Å². The van der Waals surface area contributed by atoms with Crippen LogP contribution in [0.5, 0.6) is 0 Å². The number of hydrogen-bond acceptors (Lipinski definition) is 2. The summed E-state index contributed by atoms with van der Waals surface area (Å²) >= 11 is 0. The minimum absolute atomic E-state index is 1.05. The van der Waals surface area contributed by atoms with Gasteiger partial charge in [0.25, 0.3) is 0 Å². The average Bonchev–Trinajstić information content (AvgIpc) is 2.43. The SMILES string of the molecule is CNc1cc(C)cc2c(C)n(C)nc12. The first kappa shape index (κ1) is 9.06. The zero-order valence-electron chi connectivity index (χ0n) is 9.05. The standard InChI is InChI=1S/C11H15N3/c1-7-5-9-8(2)14(4)13-11(9)10(6-7)12-3/h5-6,12H,1-4H3. The van der Waals surface area contributed by atoms with Gasteiger partial charge in [0, 0.05) is 25.2 Å². The third kappa shape index (κ3) is 1.16. The topological polar surface area (TPSA) is 29.9 Å². The molecule has 0 spiro atoms. The fourth-order valence-electron chi connectivity index (χ4n) is 1.75. The predicted molar refractivity (Wildman–Crippen MR) is 59.7 cm³/mol. The van der Waals surface area contributed by atoms with Crippen LogP contribution in [0.3, 0.4) is 0 Å². The van der Waals surface area contributed by atoms with Crippen molar-refractivity contribution in [2.24, 2.45) is 7.05 Å². The van der Waals surface area contributed by atoms with Crippen molar-refractivity contribution >= 4 is 16.6 Å². The van der Waals surface area contributed by atoms with E-state index in [0.717, 1.165) is 11.2 Å². The maximum atomic E-state index is 4.48. The Kier molecular flexibility index (Phi) is 1.95. The maximum absolute atomic E-state index is 4.48. The lowest BCUT2D eigenvalue weighted by molar-refractivity contribution is 0.751. The molecular formula is C11H15N3. The second-order valence-corrected chi connectivity index (χ2v) is 3.67. The van der Waals surface area contributed by atoms with Crippen LogP contribution in [0.15, 0.2) is 12.1 Å². The van der Waals surface area contributed by atoms with Crippen LogP contribution in [-0.2, 0) is 7.05 Å². The summed E-state index contributed by atoms with van der Waals surface area (Å²) in [6.07, 6.45) is 0. The van der Waals surface area contributed by atoms with Gasteiger partial charge in [0.2, 0.25) is 0 Å². The Labute approximate surface area is 83.7 Å². The van der Waals surface area contributed by atoms with Crippen LogP contribution in [0.1, 0.15) is 11.3 Å². The minimum Gasteiger partial charge on any atom is -0.386 e. The van der Waals surface area contributed by atoms with Gasteiger partial charge in [-0.15, -0.1) is 0 Å². The Bertz CT molecular complexity index is 483. The third-order valence-corrected chi connectivity index (χ3v) is 2.65. The molecule has 0 radical (unpaired) electrons. The first-order chi connectivity index (χ1) is 6.63. The van der Waals surface area contributed by atoms with Crippen molar-refractivity contribution in [3.63, 3.8) is 0 Å². The molecular weight excluding hydrogens is 174 g/mol. The molecule has 2 rings (SSSR count). The first-order valence-corrected chi connectivity index (χ1v) is 4.75. The van der Waals surface area contributed by atoms with E-state index >= 15 is 0 Å². The highest BCUT2D eigenvalue weighted by molar-refractivity contribution is 5.92. The molecule has 0 aliphatic carbocycles. The number of anilines is 1. The van der Waals surface area contributed by atoms with E-state index < -0.39 is 0 Å². The molecule has 14 heavy (non-hydrogen) atoms. The highest BCUT2D eigenvalue weighted by Gasteiger charge is 2.08. The number of aryl methyl sites for hydroxylation is 3. The lowest BCUT2D eigenvalue weighted by atomic mass is 10.1. The molecule has 0 saturated heterocycles. The Morgan fingerprint density at radius 1 is 1.29 bits per heavy atom. The molecule has 0 atom stereocenters. The third-order valence-electron chi connectivity index (χ3n) is 2.65. The summed E-state index contributed by atoms with van der Waals surface area (Å²) in [7, 11) is 3.91. The molecule has 0 unspecified atom stereocenters. The van der Waals surface area contributed by atoms with Crippen LogP contribution >= 0.6 is 0 Å². The number of benzene rings is 1. The zero-order valence-corrected chi connectivity index (χ0v) is 9.05. The smallest absolute Gasteiger partial charge is 0.116 e. The molecule has 3 heteroatoms. The average molecular weight is 189 g/mol. The van der Waals surface area contributed by atoms with Crippen LogP contribution < -0.4 is 5.32 Å².